The van der Waals surface area contributed by atoms with Crippen LogP contribution in [-0.4, -0.2) is 47.3 Å². The molecule has 0 saturated carbocycles. The molecule has 1 fully saturated rings. The van der Waals surface area contributed by atoms with E-state index in [9.17, 15) is 4.79 Å². The monoisotopic (exact) mass is 251 g/mol. The summed E-state index contributed by atoms with van der Waals surface area (Å²) in [5, 5.41) is 7.12. The molecule has 0 radical (unpaired) electrons. The number of carbonyl (C=O) groups is 1. The van der Waals surface area contributed by atoms with E-state index in [1.165, 1.54) is 11.3 Å². The maximum Gasteiger partial charge on any atom is 0.248 e. The van der Waals surface area contributed by atoms with Crippen LogP contribution >= 0.6 is 0 Å². The summed E-state index contributed by atoms with van der Waals surface area (Å²) >= 11 is 0. The Morgan fingerprint density at radius 3 is 3.17 bits per heavy atom. The Bertz CT molecular complexity index is 403. The van der Waals surface area contributed by atoms with E-state index in [0.29, 0.717) is 12.5 Å². The van der Waals surface area contributed by atoms with Crippen LogP contribution in [0.1, 0.15) is 36.9 Å². The summed E-state index contributed by atoms with van der Waals surface area (Å²) in [5.74, 6) is 0.477. The van der Waals surface area contributed by atoms with Gasteiger partial charge >= 0.3 is 0 Å². The number of hydrogen-bond donors (Lipinski definition) is 1. The number of amides is 1. The first-order valence-corrected chi connectivity index (χ1v) is 6.57. The molecule has 100 valence electrons. The minimum atomic E-state index is 0.0960. The predicted molar refractivity (Wildman–Crippen MR) is 68.4 cm³/mol. The van der Waals surface area contributed by atoms with Crippen LogP contribution in [0, 0.1) is 6.92 Å². The lowest BCUT2D eigenvalue weighted by molar-refractivity contribution is -0.137. The van der Waals surface area contributed by atoms with Gasteiger partial charge in [0.05, 0.1) is 6.20 Å². The number of aromatic amines is 1. The molecule has 1 aliphatic rings. The Morgan fingerprint density at radius 2 is 2.50 bits per heavy atom. The first-order chi connectivity index (χ1) is 8.72. The third-order valence-corrected chi connectivity index (χ3v) is 3.48. The third-order valence-electron chi connectivity index (χ3n) is 3.48. The predicted octanol–water partition coefficient (Wildman–Crippen LogP) is 1.46. The summed E-state index contributed by atoms with van der Waals surface area (Å²) in [5.41, 5.74) is 2.35. The summed E-state index contributed by atoms with van der Waals surface area (Å²) in [6.07, 6.45) is 4.00. The second-order valence-electron chi connectivity index (χ2n) is 4.78. The topological polar surface area (TPSA) is 58.2 Å². The van der Waals surface area contributed by atoms with Crippen LogP contribution in [0.4, 0.5) is 0 Å². The number of nitrogens with one attached hydrogen (secondary N) is 1. The molecule has 2 heterocycles. The highest BCUT2D eigenvalue weighted by Crippen LogP contribution is 2.27. The summed E-state index contributed by atoms with van der Waals surface area (Å²) < 4.78 is 5.19. The van der Waals surface area contributed by atoms with Crippen molar-refractivity contribution in [1.29, 1.82) is 0 Å². The molecule has 0 unspecified atom stereocenters. The van der Waals surface area contributed by atoms with Crippen LogP contribution in [0.25, 0.3) is 0 Å². The molecule has 1 N–H and O–H groups in total. The lowest BCUT2D eigenvalue weighted by atomic mass is 9.93. The van der Waals surface area contributed by atoms with Crippen molar-refractivity contribution < 1.29 is 9.53 Å². The van der Waals surface area contributed by atoms with Gasteiger partial charge in [-0.05, 0) is 32.3 Å². The van der Waals surface area contributed by atoms with Crippen molar-refractivity contribution in [1.82, 2.24) is 15.1 Å². The lowest BCUT2D eigenvalue weighted by Gasteiger charge is -2.32. The summed E-state index contributed by atoms with van der Waals surface area (Å²) in [4.78, 5) is 13.8. The molecule has 1 aromatic heterocycles. The van der Waals surface area contributed by atoms with Crippen LogP contribution in [0.2, 0.25) is 0 Å². The van der Waals surface area contributed by atoms with Crippen LogP contribution < -0.4 is 0 Å². The molecule has 0 aliphatic carbocycles. The van der Waals surface area contributed by atoms with E-state index < -0.39 is 0 Å². The zero-order valence-corrected chi connectivity index (χ0v) is 11.1. The molecule has 1 aliphatic heterocycles. The number of rotatable bonds is 4. The first kappa shape index (κ1) is 13.1. The number of carbonyl (C=O) groups excluding carboxylic acids is 1. The van der Waals surface area contributed by atoms with Gasteiger partial charge in [-0.3, -0.25) is 9.89 Å². The molecular formula is C13H21N3O2. The lowest BCUT2D eigenvalue weighted by Crippen LogP contribution is -2.41. The molecule has 5 heteroatoms. The number of nitrogens with zero attached hydrogens (tertiary/aromatic N) is 2. The Kier molecular flexibility index (Phi) is 4.36. The fourth-order valence-corrected chi connectivity index (χ4v) is 2.49. The number of H-pyrrole nitrogens is 1. The van der Waals surface area contributed by atoms with E-state index in [2.05, 4.69) is 17.1 Å². The SMILES string of the molecule is CCOCC(=O)N1CCC[C@@H](c2[nH]ncc2C)C1. The summed E-state index contributed by atoms with van der Waals surface area (Å²) in [6.45, 7) is 6.36. The van der Waals surface area contributed by atoms with E-state index in [0.717, 1.165) is 25.9 Å². The average Bonchev–Trinajstić information content (AvgIpc) is 2.82. The number of ether oxygens (including phenoxy) is 1. The summed E-state index contributed by atoms with van der Waals surface area (Å²) in [7, 11) is 0. The Morgan fingerprint density at radius 1 is 1.67 bits per heavy atom. The minimum absolute atomic E-state index is 0.0960. The number of hydrogen-bond acceptors (Lipinski definition) is 3. The smallest absolute Gasteiger partial charge is 0.248 e. The fraction of sp³-hybridized carbons (Fsp3) is 0.692. The van der Waals surface area contributed by atoms with Crippen molar-refractivity contribution in [3.05, 3.63) is 17.5 Å². The standard InChI is InChI=1S/C13H21N3O2/c1-3-18-9-12(17)16-6-4-5-11(8-16)13-10(2)7-14-15-13/h7,11H,3-6,8-9H2,1-2H3,(H,14,15)/t11-/m1/s1. The fourth-order valence-electron chi connectivity index (χ4n) is 2.49. The Hall–Kier alpha value is -1.36. The van der Waals surface area contributed by atoms with Crippen LogP contribution in [-0.2, 0) is 9.53 Å². The van der Waals surface area contributed by atoms with Gasteiger partial charge in [0.15, 0.2) is 0 Å². The second kappa shape index (κ2) is 6.00. The molecule has 0 aromatic carbocycles. The van der Waals surface area contributed by atoms with Crippen LogP contribution in [0.15, 0.2) is 6.20 Å². The van der Waals surface area contributed by atoms with E-state index in [-0.39, 0.29) is 12.5 Å². The van der Waals surface area contributed by atoms with E-state index >= 15 is 0 Å². The molecule has 0 bridgehead atoms. The molecule has 1 aromatic rings. The number of aromatic nitrogens is 2. The Labute approximate surface area is 108 Å². The molecule has 1 saturated heterocycles. The average molecular weight is 251 g/mol. The molecular weight excluding hydrogens is 230 g/mol. The third kappa shape index (κ3) is 2.90. The van der Waals surface area contributed by atoms with Gasteiger partial charge in [-0.15, -0.1) is 0 Å². The van der Waals surface area contributed by atoms with Crippen molar-refractivity contribution in [2.24, 2.45) is 0 Å². The number of piperidine rings is 1. The molecule has 18 heavy (non-hydrogen) atoms. The normalized spacial score (nSPS) is 20.1. The van der Waals surface area contributed by atoms with Gasteiger partial charge in [-0.1, -0.05) is 0 Å². The van der Waals surface area contributed by atoms with E-state index in [4.69, 9.17) is 4.74 Å². The van der Waals surface area contributed by atoms with Crippen molar-refractivity contribution in [3.63, 3.8) is 0 Å². The Balaban J connectivity index is 1.96. The van der Waals surface area contributed by atoms with Gasteiger partial charge in [0.25, 0.3) is 0 Å². The second-order valence-corrected chi connectivity index (χ2v) is 4.78. The quantitative estimate of drug-likeness (QED) is 0.881. The highest BCUT2D eigenvalue weighted by Gasteiger charge is 2.26. The first-order valence-electron chi connectivity index (χ1n) is 6.57. The van der Waals surface area contributed by atoms with Gasteiger partial charge in [0, 0.05) is 31.3 Å². The molecule has 1 atom stereocenters. The van der Waals surface area contributed by atoms with Gasteiger partial charge in [0.2, 0.25) is 5.91 Å². The van der Waals surface area contributed by atoms with Gasteiger partial charge in [-0.2, -0.15) is 5.10 Å². The van der Waals surface area contributed by atoms with Crippen LogP contribution in [0.5, 0.6) is 0 Å². The molecule has 2 rings (SSSR count). The maximum atomic E-state index is 11.9. The largest absolute Gasteiger partial charge is 0.372 e. The maximum absolute atomic E-state index is 11.9. The van der Waals surface area contributed by atoms with E-state index in [1.807, 2.05) is 18.0 Å². The molecule has 1 amide bonds. The van der Waals surface area contributed by atoms with Crippen molar-refractivity contribution in [3.8, 4) is 0 Å². The van der Waals surface area contributed by atoms with Gasteiger partial charge in [0.1, 0.15) is 6.61 Å². The number of aryl methyl sites for hydroxylation is 1. The summed E-state index contributed by atoms with van der Waals surface area (Å²) in [6, 6.07) is 0. The van der Waals surface area contributed by atoms with Crippen LogP contribution in [0.3, 0.4) is 0 Å². The number of likely N-dealkylation sites (tertiary alicyclic amines) is 1. The van der Waals surface area contributed by atoms with Crippen molar-refractivity contribution >= 4 is 5.91 Å². The molecule has 0 spiro atoms. The molecule has 5 nitrogen and oxygen atoms in total. The van der Waals surface area contributed by atoms with Gasteiger partial charge < -0.3 is 9.64 Å². The zero-order chi connectivity index (χ0) is 13.0. The highest BCUT2D eigenvalue weighted by atomic mass is 16.5. The van der Waals surface area contributed by atoms with Gasteiger partial charge in [-0.25, -0.2) is 0 Å². The zero-order valence-electron chi connectivity index (χ0n) is 11.1. The van der Waals surface area contributed by atoms with E-state index in [1.54, 1.807) is 0 Å². The van der Waals surface area contributed by atoms with Crippen molar-refractivity contribution in [2.45, 2.75) is 32.6 Å². The highest BCUT2D eigenvalue weighted by molar-refractivity contribution is 5.77. The minimum Gasteiger partial charge on any atom is -0.372 e. The van der Waals surface area contributed by atoms with Crippen molar-refractivity contribution in [2.75, 3.05) is 26.3 Å².